The predicted octanol–water partition coefficient (Wildman–Crippen LogP) is 8.99. The summed E-state index contributed by atoms with van der Waals surface area (Å²) in [6.07, 6.45) is 0.169. The molecule has 0 heterocycles. The van der Waals surface area contributed by atoms with Crippen LogP contribution < -0.4 is 0 Å². The summed E-state index contributed by atoms with van der Waals surface area (Å²) in [7, 11) is -3.17. The molecule has 41 heavy (non-hydrogen) atoms. The maximum absolute atomic E-state index is 12.6. The van der Waals surface area contributed by atoms with E-state index in [0.29, 0.717) is 18.8 Å². The molecule has 4 aromatic rings. The Balaban J connectivity index is 0.000000228. The number of hydrogen-bond donors (Lipinski definition) is 1. The molecule has 0 aliphatic carbocycles. The molecule has 0 amide bonds. The van der Waals surface area contributed by atoms with Gasteiger partial charge in [0, 0.05) is 5.33 Å². The number of carboxylic acid groups (broad SMARTS) is 1. The van der Waals surface area contributed by atoms with Gasteiger partial charge in [0.25, 0.3) is 0 Å². The standard InChI is InChI=1S/C16H17BrO2.C16H19O5P/c1-16(2,3)19-15(18)13-7-6-12-5-4-11(10-17)8-14(12)9-13;1-3-20-22(19,21-4-2)11-12-5-6-13-7-8-14(16(17)18)10-15(13)9-12/h4-9H,10H2,1-3H3;5-10H,3-4,11H2,1-2H3,(H,17,18). The van der Waals surface area contributed by atoms with Gasteiger partial charge in [0.15, 0.2) is 0 Å². The van der Waals surface area contributed by atoms with E-state index in [9.17, 15) is 14.2 Å². The van der Waals surface area contributed by atoms with Gasteiger partial charge in [-0.1, -0.05) is 64.5 Å². The van der Waals surface area contributed by atoms with Crippen LogP contribution in [0.5, 0.6) is 0 Å². The van der Waals surface area contributed by atoms with Gasteiger partial charge in [-0.25, -0.2) is 9.59 Å². The Morgan fingerprint density at radius 2 is 1.24 bits per heavy atom. The third-order valence-corrected chi connectivity index (χ3v) is 8.58. The molecule has 0 radical (unpaired) electrons. The normalized spacial score (nSPS) is 11.7. The molecule has 0 fully saturated rings. The van der Waals surface area contributed by atoms with Crippen LogP contribution in [-0.4, -0.2) is 35.9 Å². The van der Waals surface area contributed by atoms with Crippen LogP contribution in [0.25, 0.3) is 21.5 Å². The lowest BCUT2D eigenvalue weighted by molar-refractivity contribution is 0.00694. The highest BCUT2D eigenvalue weighted by atomic mass is 79.9. The first-order valence-corrected chi connectivity index (χ1v) is 16.2. The first-order chi connectivity index (χ1) is 19.4. The van der Waals surface area contributed by atoms with Gasteiger partial charge < -0.3 is 18.9 Å². The van der Waals surface area contributed by atoms with Crippen molar-refractivity contribution in [2.45, 2.75) is 51.7 Å². The highest BCUT2D eigenvalue weighted by Gasteiger charge is 2.24. The zero-order chi connectivity index (χ0) is 30.2. The van der Waals surface area contributed by atoms with Crippen LogP contribution in [0.4, 0.5) is 0 Å². The Morgan fingerprint density at radius 1 is 0.756 bits per heavy atom. The molecule has 0 bridgehead atoms. The minimum absolute atomic E-state index is 0.169. The second-order valence-corrected chi connectivity index (χ2v) is 13.0. The quantitative estimate of drug-likeness (QED) is 0.110. The van der Waals surface area contributed by atoms with Crippen molar-refractivity contribution in [3.8, 4) is 0 Å². The third-order valence-electron chi connectivity index (χ3n) is 5.87. The van der Waals surface area contributed by atoms with Crippen molar-refractivity contribution in [2.75, 3.05) is 13.2 Å². The summed E-state index contributed by atoms with van der Waals surface area (Å²) < 4.78 is 28.5. The SMILES string of the molecule is CC(C)(C)OC(=O)c1ccc2ccc(CBr)cc2c1.CCOP(=O)(Cc1ccc2ccc(C(=O)O)cc2c1)OCC. The molecular formula is C32H36BrO7P. The lowest BCUT2D eigenvalue weighted by Crippen LogP contribution is -2.23. The summed E-state index contributed by atoms with van der Waals surface area (Å²) in [5.74, 6) is -1.25. The van der Waals surface area contributed by atoms with Gasteiger partial charge in [-0.05, 0) is 91.6 Å². The average Bonchev–Trinajstić information content (AvgIpc) is 2.91. The molecule has 0 aliphatic rings. The van der Waals surface area contributed by atoms with E-state index in [-0.39, 0.29) is 17.7 Å². The molecule has 218 valence electrons. The smallest absolute Gasteiger partial charge is 0.338 e. The molecule has 0 aromatic heterocycles. The number of carbonyl (C=O) groups excluding carboxylic acids is 1. The van der Waals surface area contributed by atoms with Crippen LogP contribution in [0.2, 0.25) is 0 Å². The molecular weight excluding hydrogens is 607 g/mol. The second-order valence-electron chi connectivity index (χ2n) is 10.3. The number of carboxylic acids is 1. The van der Waals surface area contributed by atoms with Crippen LogP contribution in [0.15, 0.2) is 72.8 Å². The lowest BCUT2D eigenvalue weighted by atomic mass is 10.0. The molecule has 0 spiro atoms. The summed E-state index contributed by atoms with van der Waals surface area (Å²) in [6.45, 7) is 9.77. The van der Waals surface area contributed by atoms with Gasteiger partial charge in [0.1, 0.15) is 5.60 Å². The Hall–Kier alpha value is -3.03. The summed E-state index contributed by atoms with van der Waals surface area (Å²) in [4.78, 5) is 23.1. The molecule has 0 atom stereocenters. The van der Waals surface area contributed by atoms with Gasteiger partial charge in [-0.2, -0.15) is 0 Å². The molecule has 1 N–H and O–H groups in total. The number of benzene rings is 4. The molecule has 0 aliphatic heterocycles. The van der Waals surface area contributed by atoms with Crippen LogP contribution in [0.1, 0.15) is 66.5 Å². The number of esters is 1. The van der Waals surface area contributed by atoms with E-state index in [0.717, 1.165) is 32.4 Å². The third kappa shape index (κ3) is 9.50. The highest BCUT2D eigenvalue weighted by molar-refractivity contribution is 9.08. The summed E-state index contributed by atoms with van der Waals surface area (Å²) >= 11 is 3.44. The largest absolute Gasteiger partial charge is 0.478 e. The summed E-state index contributed by atoms with van der Waals surface area (Å²) in [5.41, 5.74) is 2.33. The number of rotatable bonds is 9. The monoisotopic (exact) mass is 642 g/mol. The topological polar surface area (TPSA) is 99.1 Å². The van der Waals surface area contributed by atoms with E-state index in [2.05, 4.69) is 34.1 Å². The molecule has 7 nitrogen and oxygen atoms in total. The first-order valence-electron chi connectivity index (χ1n) is 13.3. The molecule has 4 aromatic carbocycles. The average molecular weight is 644 g/mol. The minimum atomic E-state index is -3.17. The van der Waals surface area contributed by atoms with Crippen LogP contribution in [0, 0.1) is 0 Å². The first kappa shape index (κ1) is 32.5. The van der Waals surface area contributed by atoms with E-state index in [1.807, 2.05) is 57.2 Å². The zero-order valence-corrected chi connectivity index (χ0v) is 26.5. The number of carbonyl (C=O) groups is 2. The van der Waals surface area contributed by atoms with Crippen molar-refractivity contribution < 1.29 is 33.0 Å². The Kier molecular flexibility index (Phi) is 11.3. The van der Waals surface area contributed by atoms with Crippen LogP contribution in [0.3, 0.4) is 0 Å². The number of alkyl halides is 1. The summed E-state index contributed by atoms with van der Waals surface area (Å²) in [5, 5.41) is 13.8. The highest BCUT2D eigenvalue weighted by Crippen LogP contribution is 2.51. The number of ether oxygens (including phenoxy) is 1. The number of hydrogen-bond acceptors (Lipinski definition) is 6. The maximum Gasteiger partial charge on any atom is 0.338 e. The van der Waals surface area contributed by atoms with Crippen molar-refractivity contribution in [2.24, 2.45) is 0 Å². The minimum Gasteiger partial charge on any atom is -0.478 e. The fourth-order valence-corrected chi connectivity index (χ4v) is 6.15. The predicted molar refractivity (Wildman–Crippen MR) is 167 cm³/mol. The Labute approximate surface area is 249 Å². The van der Waals surface area contributed by atoms with Gasteiger partial charge >= 0.3 is 19.5 Å². The van der Waals surface area contributed by atoms with E-state index < -0.39 is 19.2 Å². The van der Waals surface area contributed by atoms with E-state index in [1.165, 1.54) is 5.56 Å². The Bertz CT molecular complexity index is 1570. The van der Waals surface area contributed by atoms with Crippen molar-refractivity contribution in [1.29, 1.82) is 0 Å². The molecule has 9 heteroatoms. The van der Waals surface area contributed by atoms with Gasteiger partial charge in [0.05, 0.1) is 30.5 Å². The van der Waals surface area contributed by atoms with Gasteiger partial charge in [-0.15, -0.1) is 0 Å². The zero-order valence-electron chi connectivity index (χ0n) is 24.0. The number of fused-ring (bicyclic) bond motifs is 2. The van der Waals surface area contributed by atoms with Gasteiger partial charge in [-0.3, -0.25) is 4.57 Å². The van der Waals surface area contributed by atoms with E-state index >= 15 is 0 Å². The second kappa shape index (κ2) is 14.2. The Morgan fingerprint density at radius 3 is 1.76 bits per heavy atom. The number of aromatic carboxylic acids is 1. The van der Waals surface area contributed by atoms with E-state index in [4.69, 9.17) is 18.9 Å². The lowest BCUT2D eigenvalue weighted by Gasteiger charge is -2.19. The fraction of sp³-hybridized carbons (Fsp3) is 0.312. The van der Waals surface area contributed by atoms with Gasteiger partial charge in [0.2, 0.25) is 0 Å². The summed E-state index contributed by atoms with van der Waals surface area (Å²) in [6, 6.07) is 22.3. The molecule has 0 saturated heterocycles. The van der Waals surface area contributed by atoms with E-state index in [1.54, 1.807) is 32.0 Å². The van der Waals surface area contributed by atoms with Crippen molar-refractivity contribution in [1.82, 2.24) is 0 Å². The fourth-order valence-electron chi connectivity index (χ4n) is 4.12. The van der Waals surface area contributed by atoms with Crippen LogP contribution >= 0.6 is 23.5 Å². The molecule has 4 rings (SSSR count). The van der Waals surface area contributed by atoms with Crippen molar-refractivity contribution >= 4 is 57.0 Å². The molecule has 0 saturated carbocycles. The number of halogens is 1. The van der Waals surface area contributed by atoms with Crippen molar-refractivity contribution in [3.05, 3.63) is 95.1 Å². The maximum atomic E-state index is 12.6. The van der Waals surface area contributed by atoms with Crippen LogP contribution in [-0.2, 0) is 29.8 Å². The molecule has 0 unspecified atom stereocenters. The van der Waals surface area contributed by atoms with Crippen molar-refractivity contribution in [3.63, 3.8) is 0 Å².